The zero-order valence-corrected chi connectivity index (χ0v) is 23.7. The summed E-state index contributed by atoms with van der Waals surface area (Å²) in [6, 6.07) is 1.61. The number of nitrogens with zero attached hydrogens (tertiary/aromatic N) is 2. The van der Waals surface area contributed by atoms with Crippen molar-refractivity contribution in [2.45, 2.75) is 119 Å². The topological polar surface area (TPSA) is 15.7 Å². The maximum absolute atomic E-state index is 7.16. The molecular formula is C21H49N2OPSi2. The summed E-state index contributed by atoms with van der Waals surface area (Å²) < 4.78 is 12.5. The molecule has 0 heterocycles. The van der Waals surface area contributed by atoms with Crippen molar-refractivity contribution in [1.82, 2.24) is 9.34 Å². The fourth-order valence-corrected chi connectivity index (χ4v) is 13.9. The maximum atomic E-state index is 7.16. The van der Waals surface area contributed by atoms with Gasteiger partial charge in [0.25, 0.3) is 0 Å². The molecule has 3 nitrogen and oxygen atoms in total. The predicted octanol–water partition coefficient (Wildman–Crippen LogP) is 7.07. The van der Waals surface area contributed by atoms with Gasteiger partial charge in [0.1, 0.15) is 8.07 Å². The summed E-state index contributed by atoms with van der Waals surface area (Å²) in [6.07, 6.45) is 0. The third kappa shape index (κ3) is 7.51. The minimum absolute atomic E-state index is 0.403. The fourth-order valence-electron chi connectivity index (χ4n) is 3.69. The molecule has 0 saturated carbocycles. The van der Waals surface area contributed by atoms with Crippen LogP contribution in [0, 0.1) is 0 Å². The Morgan fingerprint density at radius 2 is 1.04 bits per heavy atom. The second kappa shape index (κ2) is 9.80. The Labute approximate surface area is 173 Å². The largest absolute Gasteiger partial charge is 0.460 e. The van der Waals surface area contributed by atoms with Crippen molar-refractivity contribution >= 4 is 29.0 Å². The van der Waals surface area contributed by atoms with Crippen molar-refractivity contribution in [3.8, 4) is 0 Å². The number of rotatable bonds is 10. The Kier molecular flexibility index (Phi) is 9.87. The monoisotopic (exact) mass is 432 g/mol. The molecule has 0 atom stereocenters. The lowest BCUT2D eigenvalue weighted by Crippen LogP contribution is -2.48. The molecule has 0 aliphatic heterocycles. The molecule has 162 valence electrons. The van der Waals surface area contributed by atoms with Gasteiger partial charge in [-0.25, -0.2) is 9.34 Å². The second-order valence-corrected chi connectivity index (χ2v) is 24.1. The highest BCUT2D eigenvalue weighted by Crippen LogP contribution is 2.61. The summed E-state index contributed by atoms with van der Waals surface area (Å²) in [7, 11) is -5.34. The SMILES string of the molecule is C=C(OP(=C[Si](C)(C)C)(N(C(C)C)C(C)C)N(C(C)C)C(C)C)[Si](C)(C)C. The van der Waals surface area contributed by atoms with Crippen LogP contribution in [0.1, 0.15) is 55.4 Å². The van der Waals surface area contributed by atoms with Crippen LogP contribution < -0.4 is 0 Å². The molecule has 0 aromatic heterocycles. The summed E-state index contributed by atoms with van der Waals surface area (Å²) in [4.78, 5) is 0. The van der Waals surface area contributed by atoms with Crippen LogP contribution in [0.3, 0.4) is 0 Å². The smallest absolute Gasteiger partial charge is 0.180 e. The van der Waals surface area contributed by atoms with Crippen LogP contribution in [-0.4, -0.2) is 55.1 Å². The molecule has 0 amide bonds. The van der Waals surface area contributed by atoms with E-state index < -0.39 is 23.6 Å². The minimum atomic E-state index is -2.18. The van der Waals surface area contributed by atoms with E-state index in [1.165, 1.54) is 0 Å². The van der Waals surface area contributed by atoms with Gasteiger partial charge in [-0.15, -0.1) is 0 Å². The van der Waals surface area contributed by atoms with Gasteiger partial charge in [0.15, 0.2) is 7.41 Å². The highest BCUT2D eigenvalue weighted by molar-refractivity contribution is 7.71. The van der Waals surface area contributed by atoms with Gasteiger partial charge in [-0.05, 0) is 60.8 Å². The highest BCUT2D eigenvalue weighted by Gasteiger charge is 2.43. The van der Waals surface area contributed by atoms with E-state index in [2.05, 4.69) is 116 Å². The number of hydrogen-bond acceptors (Lipinski definition) is 3. The van der Waals surface area contributed by atoms with Gasteiger partial charge < -0.3 is 4.52 Å². The Morgan fingerprint density at radius 1 is 0.741 bits per heavy atom. The Balaban J connectivity index is 7.13. The molecule has 27 heavy (non-hydrogen) atoms. The summed E-state index contributed by atoms with van der Waals surface area (Å²) in [5.41, 5.74) is 2.66. The summed E-state index contributed by atoms with van der Waals surface area (Å²) in [6.45, 7) is 37.2. The van der Waals surface area contributed by atoms with Crippen LogP contribution in [0.4, 0.5) is 0 Å². The number of hydrogen-bond donors (Lipinski definition) is 0. The van der Waals surface area contributed by atoms with Crippen LogP contribution in [0.2, 0.25) is 39.3 Å². The molecule has 0 aliphatic carbocycles. The Hall–Kier alpha value is 0.194. The first-order valence-corrected chi connectivity index (χ1v) is 19.3. The molecule has 0 N–H and O–H groups in total. The molecule has 0 fully saturated rings. The fraction of sp³-hybridized carbons (Fsp3) is 0.857. The normalized spacial score (nSPS) is 14.2. The second-order valence-electron chi connectivity index (χ2n) is 11.0. The summed E-state index contributed by atoms with van der Waals surface area (Å²) in [5, 5.41) is 1.03. The van der Waals surface area contributed by atoms with E-state index in [0.717, 1.165) is 5.38 Å². The van der Waals surface area contributed by atoms with Gasteiger partial charge >= 0.3 is 0 Å². The van der Waals surface area contributed by atoms with Gasteiger partial charge in [-0.2, -0.15) is 0 Å². The van der Waals surface area contributed by atoms with Crippen molar-refractivity contribution in [1.29, 1.82) is 0 Å². The van der Waals surface area contributed by atoms with E-state index in [9.17, 15) is 0 Å². The molecule has 0 spiro atoms. The molecular weight excluding hydrogens is 383 g/mol. The summed E-state index contributed by atoms with van der Waals surface area (Å²) >= 11 is 0. The van der Waals surface area contributed by atoms with Crippen molar-refractivity contribution in [3.05, 3.63) is 12.0 Å². The molecule has 6 heteroatoms. The minimum Gasteiger partial charge on any atom is -0.460 e. The van der Waals surface area contributed by atoms with E-state index in [1.54, 1.807) is 0 Å². The zero-order chi connectivity index (χ0) is 22.0. The lowest BCUT2D eigenvalue weighted by atomic mass is 10.3. The molecule has 0 aromatic rings. The Bertz CT molecular complexity index is 503. The average Bonchev–Trinajstić information content (AvgIpc) is 2.32. The molecule has 0 unspecified atom stereocenters. The van der Waals surface area contributed by atoms with Crippen molar-refractivity contribution < 1.29 is 4.52 Å². The molecule has 0 radical (unpaired) electrons. The third-order valence-electron chi connectivity index (χ3n) is 4.41. The predicted molar refractivity (Wildman–Crippen MR) is 134 cm³/mol. The molecule has 0 bridgehead atoms. The first-order chi connectivity index (χ1) is 11.9. The maximum Gasteiger partial charge on any atom is 0.180 e. The van der Waals surface area contributed by atoms with Gasteiger partial charge in [0.2, 0.25) is 0 Å². The average molecular weight is 433 g/mol. The van der Waals surface area contributed by atoms with Crippen LogP contribution >= 0.6 is 7.41 Å². The van der Waals surface area contributed by atoms with E-state index in [1.807, 2.05) is 0 Å². The van der Waals surface area contributed by atoms with E-state index in [0.29, 0.717) is 24.2 Å². The van der Waals surface area contributed by atoms with Gasteiger partial charge in [0.05, 0.1) is 13.5 Å². The highest BCUT2D eigenvalue weighted by atomic mass is 31.2. The van der Waals surface area contributed by atoms with Crippen molar-refractivity contribution in [2.75, 3.05) is 0 Å². The molecule has 0 rings (SSSR count). The molecule has 0 aromatic carbocycles. The van der Waals surface area contributed by atoms with Crippen LogP contribution in [0.15, 0.2) is 12.0 Å². The Morgan fingerprint density at radius 3 is 1.22 bits per heavy atom. The zero-order valence-electron chi connectivity index (χ0n) is 20.8. The van der Waals surface area contributed by atoms with Crippen molar-refractivity contribution in [2.24, 2.45) is 0 Å². The van der Waals surface area contributed by atoms with Gasteiger partial charge in [0, 0.05) is 24.2 Å². The lowest BCUT2D eigenvalue weighted by Gasteiger charge is -2.53. The molecule has 0 saturated heterocycles. The first-order valence-electron chi connectivity index (χ1n) is 10.6. The van der Waals surface area contributed by atoms with E-state index in [4.69, 9.17) is 4.52 Å². The standard InChI is InChI=1S/C21H49N2OPSi2/c1-17(2)22(18(3)4)25(16-26(10,11)12,23(19(5)6)20(7)8)24-21(9)27(13,14)15/h16-20H,9H2,1-8,10-15H3. The van der Waals surface area contributed by atoms with Crippen molar-refractivity contribution in [3.63, 3.8) is 0 Å². The summed E-state index contributed by atoms with van der Waals surface area (Å²) in [5.74, 6) is 0. The van der Waals surface area contributed by atoms with Crippen LogP contribution in [0.25, 0.3) is 0 Å². The first kappa shape index (κ1) is 27.2. The van der Waals surface area contributed by atoms with E-state index in [-0.39, 0.29) is 0 Å². The molecule has 0 aliphatic rings. The van der Waals surface area contributed by atoms with E-state index >= 15 is 0 Å². The van der Waals surface area contributed by atoms with Crippen LogP contribution in [0.5, 0.6) is 0 Å². The quantitative estimate of drug-likeness (QED) is 0.208. The van der Waals surface area contributed by atoms with Gasteiger partial charge in [-0.1, -0.05) is 45.9 Å². The van der Waals surface area contributed by atoms with Crippen LogP contribution in [-0.2, 0) is 4.52 Å². The third-order valence-corrected chi connectivity index (χ3v) is 14.5. The lowest BCUT2D eigenvalue weighted by molar-refractivity contribution is 0.209. The van der Waals surface area contributed by atoms with Gasteiger partial charge in [-0.3, -0.25) is 0 Å².